The summed E-state index contributed by atoms with van der Waals surface area (Å²) in [7, 11) is 0. The van der Waals surface area contributed by atoms with Crippen molar-refractivity contribution in [3.63, 3.8) is 0 Å². The minimum atomic E-state index is -1.04. The number of halogens is 2. The molecule has 0 spiro atoms. The van der Waals surface area contributed by atoms with Crippen molar-refractivity contribution < 1.29 is 19.0 Å². The highest BCUT2D eigenvalue weighted by atomic mass is 35.5. The van der Waals surface area contributed by atoms with Crippen molar-refractivity contribution in [3.05, 3.63) is 28.5 Å². The molecule has 7 heteroatoms. The molecular weight excluding hydrogens is 311 g/mol. The van der Waals surface area contributed by atoms with Gasteiger partial charge in [0, 0.05) is 17.6 Å². The van der Waals surface area contributed by atoms with Crippen LogP contribution in [0.4, 0.5) is 14.9 Å². The fraction of sp³-hybridized carbons (Fsp3) is 0.533. The molecule has 0 bridgehead atoms. The second-order valence-electron chi connectivity index (χ2n) is 5.84. The summed E-state index contributed by atoms with van der Waals surface area (Å²) >= 11 is 5.97. The molecular formula is C15H22ClFN2O3. The molecule has 0 radical (unpaired) electrons. The van der Waals surface area contributed by atoms with Crippen LogP contribution in [0.5, 0.6) is 0 Å². The second kappa shape index (κ2) is 7.76. The third kappa shape index (κ3) is 5.79. The number of carbonyl (C=O) groups is 1. The van der Waals surface area contributed by atoms with Crippen LogP contribution < -0.4 is 10.6 Å². The monoisotopic (exact) mass is 332 g/mol. The van der Waals surface area contributed by atoms with Gasteiger partial charge in [-0.2, -0.15) is 0 Å². The van der Waals surface area contributed by atoms with Gasteiger partial charge in [0.2, 0.25) is 0 Å². The molecule has 1 aromatic rings. The second-order valence-corrected chi connectivity index (χ2v) is 6.25. The average molecular weight is 333 g/mol. The Labute approximate surface area is 134 Å². The predicted molar refractivity (Wildman–Crippen MR) is 84.8 cm³/mol. The van der Waals surface area contributed by atoms with E-state index in [0.29, 0.717) is 0 Å². The summed E-state index contributed by atoms with van der Waals surface area (Å²) in [6, 6.07) is 2.21. The number of ether oxygens (including phenoxy) is 1. The van der Waals surface area contributed by atoms with Gasteiger partial charge in [0.15, 0.2) is 0 Å². The lowest BCUT2D eigenvalue weighted by molar-refractivity contribution is 0.162. The molecule has 0 saturated carbocycles. The SMILES string of the molecule is CCOC(=O)Nc1c(Cl)cc(F)cc1C(O)CNC(C)(C)C. The zero-order valence-electron chi connectivity index (χ0n) is 13.2. The molecule has 0 saturated heterocycles. The van der Waals surface area contributed by atoms with E-state index in [0.717, 1.165) is 12.1 Å². The lowest BCUT2D eigenvalue weighted by Crippen LogP contribution is -2.38. The molecule has 5 nitrogen and oxygen atoms in total. The maximum absolute atomic E-state index is 13.6. The Bertz CT molecular complexity index is 532. The quantitative estimate of drug-likeness (QED) is 0.772. The van der Waals surface area contributed by atoms with Crippen molar-refractivity contribution in [3.8, 4) is 0 Å². The normalized spacial score (nSPS) is 12.9. The number of hydrogen-bond donors (Lipinski definition) is 3. The average Bonchev–Trinajstić information content (AvgIpc) is 2.38. The lowest BCUT2D eigenvalue weighted by atomic mass is 10.0. The van der Waals surface area contributed by atoms with Crippen LogP contribution in [0.2, 0.25) is 5.02 Å². The first-order valence-electron chi connectivity index (χ1n) is 7.00. The van der Waals surface area contributed by atoms with Gasteiger partial charge < -0.3 is 15.2 Å². The third-order valence-corrected chi connectivity index (χ3v) is 3.07. The van der Waals surface area contributed by atoms with E-state index >= 15 is 0 Å². The minimum Gasteiger partial charge on any atom is -0.450 e. The number of anilines is 1. The van der Waals surface area contributed by atoms with Crippen LogP contribution in [0.1, 0.15) is 39.4 Å². The van der Waals surface area contributed by atoms with Crippen LogP contribution in [0.25, 0.3) is 0 Å². The van der Waals surface area contributed by atoms with E-state index in [1.807, 2.05) is 20.8 Å². The topological polar surface area (TPSA) is 70.6 Å². The van der Waals surface area contributed by atoms with Crippen molar-refractivity contribution in [2.24, 2.45) is 0 Å². The number of aliphatic hydroxyl groups is 1. The smallest absolute Gasteiger partial charge is 0.411 e. The maximum Gasteiger partial charge on any atom is 0.411 e. The number of nitrogens with one attached hydrogen (secondary N) is 2. The maximum atomic E-state index is 13.6. The molecule has 0 aliphatic heterocycles. The summed E-state index contributed by atoms with van der Waals surface area (Å²) < 4.78 is 18.3. The molecule has 1 aromatic carbocycles. The number of rotatable bonds is 5. The van der Waals surface area contributed by atoms with Gasteiger partial charge in [-0.3, -0.25) is 5.32 Å². The first-order chi connectivity index (χ1) is 10.1. The highest BCUT2D eigenvalue weighted by molar-refractivity contribution is 6.33. The Morgan fingerprint density at radius 2 is 2.09 bits per heavy atom. The minimum absolute atomic E-state index is 0.00198. The zero-order chi connectivity index (χ0) is 16.9. The van der Waals surface area contributed by atoms with E-state index in [4.69, 9.17) is 16.3 Å². The highest BCUT2D eigenvalue weighted by Gasteiger charge is 2.21. The molecule has 0 aromatic heterocycles. The van der Waals surface area contributed by atoms with Gasteiger partial charge in [0.1, 0.15) is 5.82 Å². The van der Waals surface area contributed by atoms with Crippen LogP contribution in [0, 0.1) is 5.82 Å². The summed E-state index contributed by atoms with van der Waals surface area (Å²) in [6.07, 6.45) is -1.75. The molecule has 1 atom stereocenters. The zero-order valence-corrected chi connectivity index (χ0v) is 13.9. The summed E-state index contributed by atoms with van der Waals surface area (Å²) in [5, 5.41) is 15.8. The van der Waals surface area contributed by atoms with Crippen LogP contribution in [0.15, 0.2) is 12.1 Å². The van der Waals surface area contributed by atoms with Crippen molar-refractivity contribution in [1.29, 1.82) is 0 Å². The van der Waals surface area contributed by atoms with Gasteiger partial charge in [-0.1, -0.05) is 11.6 Å². The van der Waals surface area contributed by atoms with Gasteiger partial charge in [-0.25, -0.2) is 9.18 Å². The lowest BCUT2D eigenvalue weighted by Gasteiger charge is -2.24. The molecule has 0 heterocycles. The third-order valence-electron chi connectivity index (χ3n) is 2.77. The van der Waals surface area contributed by atoms with E-state index in [1.54, 1.807) is 6.92 Å². The van der Waals surface area contributed by atoms with Crippen LogP contribution in [0.3, 0.4) is 0 Å². The molecule has 3 N–H and O–H groups in total. The number of hydrogen-bond acceptors (Lipinski definition) is 4. The fourth-order valence-corrected chi connectivity index (χ4v) is 2.03. The van der Waals surface area contributed by atoms with E-state index in [2.05, 4.69) is 10.6 Å². The van der Waals surface area contributed by atoms with Gasteiger partial charge in [-0.15, -0.1) is 0 Å². The summed E-state index contributed by atoms with van der Waals surface area (Å²) in [4.78, 5) is 11.6. The molecule has 22 heavy (non-hydrogen) atoms. The van der Waals surface area contributed by atoms with E-state index in [9.17, 15) is 14.3 Å². The Hall–Kier alpha value is -1.37. The van der Waals surface area contributed by atoms with Crippen molar-refractivity contribution in [2.75, 3.05) is 18.5 Å². The molecule has 0 aliphatic rings. The Morgan fingerprint density at radius 3 is 2.64 bits per heavy atom. The fourth-order valence-electron chi connectivity index (χ4n) is 1.77. The van der Waals surface area contributed by atoms with Crippen molar-refractivity contribution in [2.45, 2.75) is 39.3 Å². The van der Waals surface area contributed by atoms with Crippen LogP contribution >= 0.6 is 11.6 Å². The molecule has 0 aliphatic carbocycles. The Balaban J connectivity index is 3.03. The Kier molecular flexibility index (Phi) is 6.59. The predicted octanol–water partition coefficient (Wildman–Crippen LogP) is 3.47. The summed E-state index contributed by atoms with van der Waals surface area (Å²) in [5.41, 5.74) is 0.117. The molecule has 124 valence electrons. The van der Waals surface area contributed by atoms with E-state index in [-0.39, 0.29) is 35.0 Å². The highest BCUT2D eigenvalue weighted by Crippen LogP contribution is 2.32. The number of β-amino-alcohol motifs (C(OH)–C–C–N with tert-alkyl or cyclic N) is 1. The summed E-state index contributed by atoms with van der Waals surface area (Å²) in [6.45, 7) is 7.85. The van der Waals surface area contributed by atoms with Crippen molar-refractivity contribution in [1.82, 2.24) is 5.32 Å². The van der Waals surface area contributed by atoms with Crippen LogP contribution in [-0.2, 0) is 4.74 Å². The first kappa shape index (κ1) is 18.7. The molecule has 1 amide bonds. The number of carbonyl (C=O) groups excluding carboxylic acids is 1. The van der Waals surface area contributed by atoms with E-state index < -0.39 is 18.0 Å². The number of amides is 1. The molecule has 1 unspecified atom stereocenters. The van der Waals surface area contributed by atoms with E-state index in [1.165, 1.54) is 0 Å². The van der Waals surface area contributed by atoms with Gasteiger partial charge in [-0.05, 0) is 39.8 Å². The Morgan fingerprint density at radius 1 is 1.45 bits per heavy atom. The first-order valence-corrected chi connectivity index (χ1v) is 7.37. The van der Waals surface area contributed by atoms with Crippen molar-refractivity contribution >= 4 is 23.4 Å². The number of benzene rings is 1. The molecule has 0 fully saturated rings. The number of aliphatic hydroxyl groups excluding tert-OH is 1. The van der Waals surface area contributed by atoms with Crippen LogP contribution in [-0.4, -0.2) is 29.9 Å². The van der Waals surface area contributed by atoms with Gasteiger partial charge in [0.25, 0.3) is 0 Å². The molecule has 1 rings (SSSR count). The standard InChI is InChI=1S/C15H22ClFN2O3/c1-5-22-14(21)19-13-10(6-9(17)7-11(13)16)12(20)8-18-15(2,3)4/h6-7,12,18,20H,5,8H2,1-4H3,(H,19,21). The largest absolute Gasteiger partial charge is 0.450 e. The van der Waals surface area contributed by atoms with Gasteiger partial charge >= 0.3 is 6.09 Å². The summed E-state index contributed by atoms with van der Waals surface area (Å²) in [5.74, 6) is -0.593. The van der Waals surface area contributed by atoms with Gasteiger partial charge in [0.05, 0.1) is 23.4 Å².